The molecular formula is C26H27Cl2N3O4S. The molecule has 0 aliphatic carbocycles. The topological polar surface area (TPSA) is 86.8 Å². The number of halogens is 2. The number of nitrogens with zero attached hydrogens (tertiary/aromatic N) is 2. The van der Waals surface area contributed by atoms with Gasteiger partial charge in [-0.15, -0.1) is 0 Å². The van der Waals surface area contributed by atoms with Crippen LogP contribution in [0.1, 0.15) is 18.9 Å². The van der Waals surface area contributed by atoms with Crippen molar-refractivity contribution in [2.75, 3.05) is 17.9 Å². The average Bonchev–Trinajstić information content (AvgIpc) is 2.88. The fourth-order valence-corrected chi connectivity index (χ4v) is 5.58. The molecule has 0 heterocycles. The van der Waals surface area contributed by atoms with Crippen LogP contribution in [0.15, 0.2) is 83.8 Å². The predicted molar refractivity (Wildman–Crippen MR) is 143 cm³/mol. The number of carbonyl (C=O) groups excluding carboxylic acids is 2. The summed E-state index contributed by atoms with van der Waals surface area (Å²) in [6.45, 7) is 1.26. The molecule has 0 aliphatic rings. The Balaban J connectivity index is 2.06. The molecule has 0 saturated carbocycles. The van der Waals surface area contributed by atoms with Crippen LogP contribution in [0.2, 0.25) is 10.0 Å². The number of nitrogens with one attached hydrogen (secondary N) is 1. The number of hydrogen-bond donors (Lipinski definition) is 1. The maximum atomic E-state index is 13.8. The van der Waals surface area contributed by atoms with Crippen molar-refractivity contribution >= 4 is 50.7 Å². The summed E-state index contributed by atoms with van der Waals surface area (Å²) in [6, 6.07) is 20.2. The van der Waals surface area contributed by atoms with Gasteiger partial charge in [0.25, 0.3) is 10.0 Å². The molecule has 0 saturated heterocycles. The summed E-state index contributed by atoms with van der Waals surface area (Å²) >= 11 is 12.5. The predicted octanol–water partition coefficient (Wildman–Crippen LogP) is 4.74. The second-order valence-electron chi connectivity index (χ2n) is 7.96. The molecule has 7 nitrogen and oxygen atoms in total. The summed E-state index contributed by atoms with van der Waals surface area (Å²) in [7, 11) is -2.65. The van der Waals surface area contributed by atoms with E-state index >= 15 is 0 Å². The third-order valence-electron chi connectivity index (χ3n) is 5.64. The number of hydrogen-bond acceptors (Lipinski definition) is 4. The van der Waals surface area contributed by atoms with E-state index in [-0.39, 0.29) is 23.0 Å². The minimum Gasteiger partial charge on any atom is -0.357 e. The Hall–Kier alpha value is -3.07. The first kappa shape index (κ1) is 27.5. The van der Waals surface area contributed by atoms with Gasteiger partial charge in [0.2, 0.25) is 11.8 Å². The molecule has 10 heteroatoms. The molecule has 0 spiro atoms. The van der Waals surface area contributed by atoms with Crippen molar-refractivity contribution in [1.82, 2.24) is 10.2 Å². The summed E-state index contributed by atoms with van der Waals surface area (Å²) in [5.41, 5.74) is 0.862. The van der Waals surface area contributed by atoms with E-state index in [2.05, 4.69) is 5.32 Å². The van der Waals surface area contributed by atoms with Gasteiger partial charge in [0, 0.05) is 23.6 Å². The largest absolute Gasteiger partial charge is 0.357 e. The van der Waals surface area contributed by atoms with E-state index in [0.717, 1.165) is 4.31 Å². The van der Waals surface area contributed by atoms with Gasteiger partial charge in [0.15, 0.2) is 0 Å². The van der Waals surface area contributed by atoms with Crippen molar-refractivity contribution < 1.29 is 18.0 Å². The van der Waals surface area contributed by atoms with Crippen LogP contribution in [0.25, 0.3) is 0 Å². The van der Waals surface area contributed by atoms with Crippen LogP contribution in [-0.2, 0) is 26.2 Å². The normalized spacial score (nSPS) is 12.0. The monoisotopic (exact) mass is 547 g/mol. The van der Waals surface area contributed by atoms with Crippen LogP contribution in [0, 0.1) is 0 Å². The van der Waals surface area contributed by atoms with Crippen molar-refractivity contribution in [3.63, 3.8) is 0 Å². The van der Waals surface area contributed by atoms with E-state index in [4.69, 9.17) is 23.2 Å². The first-order valence-electron chi connectivity index (χ1n) is 11.3. The minimum absolute atomic E-state index is 0.0220. The van der Waals surface area contributed by atoms with Crippen LogP contribution >= 0.6 is 23.2 Å². The molecule has 0 aliphatic heterocycles. The lowest BCUT2D eigenvalue weighted by Gasteiger charge is -2.33. The third-order valence-corrected chi connectivity index (χ3v) is 8.03. The second-order valence-corrected chi connectivity index (χ2v) is 10.7. The standard InChI is InChI=1S/C26H27Cl2N3O4S/c1-3-24(26(33)29-2)30(17-19-10-7-8-15-23(19)28)25(32)18-31(21-12-9-11-20(27)16-21)36(34,35)22-13-5-4-6-14-22/h4-16,24H,3,17-18H2,1-2H3,(H,29,33). The van der Waals surface area contributed by atoms with Gasteiger partial charge in [-0.3, -0.25) is 13.9 Å². The van der Waals surface area contributed by atoms with Gasteiger partial charge >= 0.3 is 0 Å². The van der Waals surface area contributed by atoms with Crippen LogP contribution in [0.3, 0.4) is 0 Å². The number of anilines is 1. The number of likely N-dealkylation sites (N-methyl/N-ethyl adjacent to an activating group) is 1. The highest BCUT2D eigenvalue weighted by Gasteiger charge is 2.33. The molecule has 2 amide bonds. The molecule has 190 valence electrons. The van der Waals surface area contributed by atoms with E-state index in [1.807, 2.05) is 0 Å². The first-order valence-corrected chi connectivity index (χ1v) is 13.5. The van der Waals surface area contributed by atoms with Gasteiger partial charge in [-0.25, -0.2) is 8.42 Å². The van der Waals surface area contributed by atoms with Crippen molar-refractivity contribution in [2.24, 2.45) is 0 Å². The number of rotatable bonds is 10. The molecule has 1 atom stereocenters. The van der Waals surface area contributed by atoms with Crippen molar-refractivity contribution in [2.45, 2.75) is 30.8 Å². The smallest absolute Gasteiger partial charge is 0.264 e. The fraction of sp³-hybridized carbons (Fsp3) is 0.231. The number of amides is 2. The van der Waals surface area contributed by atoms with Crippen LogP contribution < -0.4 is 9.62 Å². The van der Waals surface area contributed by atoms with Gasteiger partial charge in [-0.2, -0.15) is 0 Å². The Kier molecular flexibility index (Phi) is 9.37. The lowest BCUT2D eigenvalue weighted by Crippen LogP contribution is -2.51. The third kappa shape index (κ3) is 6.37. The molecule has 1 unspecified atom stereocenters. The highest BCUT2D eigenvalue weighted by Crippen LogP contribution is 2.27. The van der Waals surface area contributed by atoms with Gasteiger partial charge < -0.3 is 10.2 Å². The van der Waals surface area contributed by atoms with E-state index in [1.54, 1.807) is 67.6 Å². The van der Waals surface area contributed by atoms with Crippen LogP contribution in [0.4, 0.5) is 5.69 Å². The van der Waals surface area contributed by atoms with Crippen molar-refractivity contribution in [3.8, 4) is 0 Å². The number of benzene rings is 3. The average molecular weight is 548 g/mol. The molecule has 0 aromatic heterocycles. The summed E-state index contributed by atoms with van der Waals surface area (Å²) in [6.07, 6.45) is 0.318. The maximum absolute atomic E-state index is 13.8. The summed E-state index contributed by atoms with van der Waals surface area (Å²) in [4.78, 5) is 27.9. The SMILES string of the molecule is CCC(C(=O)NC)N(Cc1ccccc1Cl)C(=O)CN(c1cccc(Cl)c1)S(=O)(=O)c1ccccc1. The minimum atomic E-state index is -4.14. The van der Waals surface area contributed by atoms with E-state index in [1.165, 1.54) is 30.1 Å². The number of sulfonamides is 1. The highest BCUT2D eigenvalue weighted by molar-refractivity contribution is 7.92. The van der Waals surface area contributed by atoms with Gasteiger partial charge in [0.05, 0.1) is 10.6 Å². The van der Waals surface area contributed by atoms with Crippen molar-refractivity contribution in [3.05, 3.63) is 94.5 Å². The molecule has 0 fully saturated rings. The van der Waals surface area contributed by atoms with Crippen LogP contribution in [-0.4, -0.2) is 44.8 Å². The van der Waals surface area contributed by atoms with E-state index in [0.29, 0.717) is 22.0 Å². The molecule has 0 bridgehead atoms. The molecular weight excluding hydrogens is 521 g/mol. The lowest BCUT2D eigenvalue weighted by molar-refractivity contribution is -0.140. The highest BCUT2D eigenvalue weighted by atomic mass is 35.5. The molecule has 1 N–H and O–H groups in total. The Labute approximate surface area is 221 Å². The lowest BCUT2D eigenvalue weighted by atomic mass is 10.1. The van der Waals surface area contributed by atoms with Gasteiger partial charge in [-0.1, -0.05) is 72.6 Å². The maximum Gasteiger partial charge on any atom is 0.264 e. The Morgan fingerprint density at radius 2 is 1.61 bits per heavy atom. The molecule has 3 rings (SSSR count). The molecule has 3 aromatic carbocycles. The summed E-state index contributed by atoms with van der Waals surface area (Å²) in [5.74, 6) is -0.928. The van der Waals surface area contributed by atoms with E-state index in [9.17, 15) is 18.0 Å². The summed E-state index contributed by atoms with van der Waals surface area (Å²) in [5, 5.41) is 3.34. The Morgan fingerprint density at radius 3 is 2.22 bits per heavy atom. The number of carbonyl (C=O) groups is 2. The first-order chi connectivity index (χ1) is 17.2. The summed E-state index contributed by atoms with van der Waals surface area (Å²) < 4.78 is 28.3. The fourth-order valence-electron chi connectivity index (χ4n) is 3.78. The Bertz CT molecular complexity index is 1320. The Morgan fingerprint density at radius 1 is 0.944 bits per heavy atom. The zero-order valence-electron chi connectivity index (χ0n) is 19.9. The quantitative estimate of drug-likeness (QED) is 0.397. The van der Waals surface area contributed by atoms with E-state index < -0.39 is 28.5 Å². The van der Waals surface area contributed by atoms with Crippen molar-refractivity contribution in [1.29, 1.82) is 0 Å². The zero-order valence-corrected chi connectivity index (χ0v) is 22.2. The molecule has 0 radical (unpaired) electrons. The van der Waals surface area contributed by atoms with Gasteiger partial charge in [-0.05, 0) is 48.4 Å². The van der Waals surface area contributed by atoms with Gasteiger partial charge in [0.1, 0.15) is 12.6 Å². The van der Waals surface area contributed by atoms with Crippen LogP contribution in [0.5, 0.6) is 0 Å². The zero-order chi connectivity index (χ0) is 26.3. The molecule has 36 heavy (non-hydrogen) atoms. The second kappa shape index (κ2) is 12.3. The molecule has 3 aromatic rings.